The highest BCUT2D eigenvalue weighted by Gasteiger charge is 2.30. The van der Waals surface area contributed by atoms with Crippen LogP contribution in [0.25, 0.3) is 10.9 Å². The van der Waals surface area contributed by atoms with E-state index in [0.29, 0.717) is 5.56 Å². The Bertz CT molecular complexity index is 707. The molecule has 0 aliphatic heterocycles. The maximum Gasteiger partial charge on any atom is 0.305 e. The summed E-state index contributed by atoms with van der Waals surface area (Å²) in [5, 5.41) is 12.6. The van der Waals surface area contributed by atoms with Gasteiger partial charge in [-0.05, 0) is 13.0 Å². The lowest BCUT2D eigenvalue weighted by Gasteiger charge is -2.28. The van der Waals surface area contributed by atoms with Crippen LogP contribution in [-0.4, -0.2) is 40.8 Å². The molecule has 0 bridgehead atoms. The van der Waals surface area contributed by atoms with Crippen LogP contribution in [0.2, 0.25) is 0 Å². The molecule has 1 atom stereocenters. The van der Waals surface area contributed by atoms with Crippen LogP contribution in [0.15, 0.2) is 30.5 Å². The summed E-state index contributed by atoms with van der Waals surface area (Å²) >= 11 is 0. The van der Waals surface area contributed by atoms with Gasteiger partial charge in [0.15, 0.2) is 0 Å². The molecular weight excluding hydrogens is 284 g/mol. The first kappa shape index (κ1) is 16.0. The molecule has 0 aliphatic carbocycles. The third-order valence-electron chi connectivity index (χ3n) is 3.56. The molecule has 2 N–H and O–H groups in total. The highest BCUT2D eigenvalue weighted by Crippen LogP contribution is 2.21. The van der Waals surface area contributed by atoms with Crippen LogP contribution in [0.4, 0.5) is 0 Å². The van der Waals surface area contributed by atoms with Gasteiger partial charge in [-0.2, -0.15) is 0 Å². The van der Waals surface area contributed by atoms with Gasteiger partial charge in [0.2, 0.25) is 0 Å². The molecule has 0 fully saturated rings. The van der Waals surface area contributed by atoms with E-state index in [4.69, 9.17) is 9.84 Å². The second kappa shape index (κ2) is 6.19. The lowest BCUT2D eigenvalue weighted by atomic mass is 9.98. The van der Waals surface area contributed by atoms with Crippen molar-refractivity contribution in [1.82, 2.24) is 9.88 Å². The number of aryl methyl sites for hydroxylation is 1. The van der Waals surface area contributed by atoms with E-state index in [-0.39, 0.29) is 18.9 Å². The number of carboxylic acids is 1. The van der Waals surface area contributed by atoms with Crippen LogP contribution in [0.3, 0.4) is 0 Å². The molecule has 0 radical (unpaired) electrons. The quantitative estimate of drug-likeness (QED) is 0.852. The van der Waals surface area contributed by atoms with Crippen LogP contribution >= 0.6 is 0 Å². The van der Waals surface area contributed by atoms with Gasteiger partial charge in [0.05, 0.1) is 24.1 Å². The van der Waals surface area contributed by atoms with Crippen LogP contribution in [0.1, 0.15) is 23.7 Å². The molecule has 1 aromatic carbocycles. The number of aliphatic carboxylic acids is 1. The molecule has 1 aromatic heterocycles. The molecule has 6 heteroatoms. The fraction of sp³-hybridized carbons (Fsp3) is 0.375. The third kappa shape index (κ3) is 3.28. The molecule has 2 aromatic rings. The summed E-state index contributed by atoms with van der Waals surface area (Å²) in [7, 11) is 3.34. The van der Waals surface area contributed by atoms with Crippen molar-refractivity contribution in [3.05, 3.63) is 36.0 Å². The minimum absolute atomic E-state index is 0.121. The Labute approximate surface area is 128 Å². The molecule has 118 valence electrons. The third-order valence-corrected chi connectivity index (χ3v) is 3.56. The number of methoxy groups -OCH3 is 1. The van der Waals surface area contributed by atoms with E-state index in [1.165, 1.54) is 7.11 Å². The van der Waals surface area contributed by atoms with Crippen LogP contribution < -0.4 is 5.32 Å². The second-order valence-corrected chi connectivity index (χ2v) is 5.69. The second-order valence-electron chi connectivity index (χ2n) is 5.69. The number of carboxylic acid groups (broad SMARTS) is 1. The average molecular weight is 304 g/mol. The number of nitrogens with one attached hydrogen (secondary N) is 1. The lowest BCUT2D eigenvalue weighted by molar-refractivity contribution is -0.139. The van der Waals surface area contributed by atoms with Crippen molar-refractivity contribution in [3.63, 3.8) is 0 Å². The van der Waals surface area contributed by atoms with Gasteiger partial charge in [0, 0.05) is 31.3 Å². The van der Waals surface area contributed by atoms with Crippen LogP contribution in [0.5, 0.6) is 0 Å². The Hall–Kier alpha value is -2.34. The first-order valence-electron chi connectivity index (χ1n) is 6.93. The highest BCUT2D eigenvalue weighted by molar-refractivity contribution is 6.07. The molecule has 0 spiro atoms. The van der Waals surface area contributed by atoms with Gasteiger partial charge in [0.1, 0.15) is 0 Å². The summed E-state index contributed by atoms with van der Waals surface area (Å²) in [5.74, 6) is -1.30. The smallest absolute Gasteiger partial charge is 0.305 e. The van der Waals surface area contributed by atoms with E-state index in [2.05, 4.69) is 5.32 Å². The van der Waals surface area contributed by atoms with Gasteiger partial charge >= 0.3 is 5.97 Å². The van der Waals surface area contributed by atoms with Crippen molar-refractivity contribution in [2.24, 2.45) is 7.05 Å². The Morgan fingerprint density at radius 3 is 2.68 bits per heavy atom. The molecule has 22 heavy (non-hydrogen) atoms. The number of hydrogen-bond donors (Lipinski definition) is 2. The van der Waals surface area contributed by atoms with E-state index in [1.54, 1.807) is 13.1 Å². The van der Waals surface area contributed by atoms with Crippen molar-refractivity contribution >= 4 is 22.8 Å². The Kier molecular flexibility index (Phi) is 4.51. The Morgan fingerprint density at radius 2 is 2.05 bits per heavy atom. The standard InChI is InChI=1S/C16H20N2O4/c1-16(10-22-3,8-14(19)20)17-15(21)12-9-18(2)13-7-5-4-6-11(12)13/h4-7,9H,8,10H2,1-3H3,(H,17,21)(H,19,20). The fourth-order valence-corrected chi connectivity index (χ4v) is 2.65. The molecular formula is C16H20N2O4. The first-order valence-corrected chi connectivity index (χ1v) is 6.93. The van der Waals surface area contributed by atoms with Crippen molar-refractivity contribution in [2.45, 2.75) is 18.9 Å². The molecule has 0 saturated heterocycles. The average Bonchev–Trinajstić information content (AvgIpc) is 2.76. The van der Waals surface area contributed by atoms with Crippen molar-refractivity contribution < 1.29 is 19.4 Å². The van der Waals surface area contributed by atoms with E-state index < -0.39 is 11.5 Å². The zero-order valence-corrected chi connectivity index (χ0v) is 12.9. The van der Waals surface area contributed by atoms with E-state index >= 15 is 0 Å². The molecule has 1 heterocycles. The fourth-order valence-electron chi connectivity index (χ4n) is 2.65. The van der Waals surface area contributed by atoms with Crippen LogP contribution in [-0.2, 0) is 16.6 Å². The highest BCUT2D eigenvalue weighted by atomic mass is 16.5. The van der Waals surface area contributed by atoms with Gasteiger partial charge in [0.25, 0.3) is 5.91 Å². The first-order chi connectivity index (χ1) is 10.4. The summed E-state index contributed by atoms with van der Waals surface area (Å²) < 4.78 is 6.92. The molecule has 0 aliphatic rings. The molecule has 1 amide bonds. The predicted octanol–water partition coefficient (Wildman–Crippen LogP) is 1.79. The van der Waals surface area contributed by atoms with Gasteiger partial charge in [-0.25, -0.2) is 0 Å². The number of nitrogens with zero attached hydrogens (tertiary/aromatic N) is 1. The minimum Gasteiger partial charge on any atom is -0.481 e. The molecule has 2 rings (SSSR count). The molecule has 6 nitrogen and oxygen atoms in total. The number of aromatic nitrogens is 1. The monoisotopic (exact) mass is 304 g/mol. The summed E-state index contributed by atoms with van der Waals surface area (Å²) in [6.45, 7) is 1.78. The maximum absolute atomic E-state index is 12.6. The van der Waals surface area contributed by atoms with Gasteiger partial charge < -0.3 is 19.7 Å². The number of carbonyl (C=O) groups is 2. The number of hydrogen-bond acceptors (Lipinski definition) is 3. The largest absolute Gasteiger partial charge is 0.481 e. The SMILES string of the molecule is COCC(C)(CC(=O)O)NC(=O)c1cn(C)c2ccccc12. The van der Waals surface area contributed by atoms with Crippen molar-refractivity contribution in [3.8, 4) is 0 Å². The van der Waals surface area contributed by atoms with E-state index in [1.807, 2.05) is 35.9 Å². The summed E-state index contributed by atoms with van der Waals surface area (Å²) in [6.07, 6.45) is 1.53. The number of amides is 1. The van der Waals surface area contributed by atoms with E-state index in [0.717, 1.165) is 10.9 Å². The predicted molar refractivity (Wildman–Crippen MR) is 82.9 cm³/mol. The zero-order valence-electron chi connectivity index (χ0n) is 12.9. The number of rotatable bonds is 6. The minimum atomic E-state index is -0.988. The normalized spacial score (nSPS) is 13.8. The number of benzene rings is 1. The Balaban J connectivity index is 2.31. The topological polar surface area (TPSA) is 80.6 Å². The molecule has 1 unspecified atom stereocenters. The van der Waals surface area contributed by atoms with Crippen molar-refractivity contribution in [1.29, 1.82) is 0 Å². The number of carbonyl (C=O) groups excluding carboxylic acids is 1. The summed E-state index contributed by atoms with van der Waals surface area (Å²) in [6, 6.07) is 7.57. The zero-order chi connectivity index (χ0) is 16.3. The Morgan fingerprint density at radius 1 is 1.36 bits per heavy atom. The maximum atomic E-state index is 12.6. The van der Waals surface area contributed by atoms with Gasteiger partial charge in [-0.3, -0.25) is 9.59 Å². The molecule has 0 saturated carbocycles. The van der Waals surface area contributed by atoms with Gasteiger partial charge in [-0.1, -0.05) is 18.2 Å². The number of ether oxygens (including phenoxy) is 1. The van der Waals surface area contributed by atoms with E-state index in [9.17, 15) is 9.59 Å². The van der Waals surface area contributed by atoms with Crippen LogP contribution in [0, 0.1) is 0 Å². The number of para-hydroxylation sites is 1. The lowest BCUT2D eigenvalue weighted by Crippen LogP contribution is -2.50. The summed E-state index contributed by atoms with van der Waals surface area (Å²) in [5.41, 5.74) is 0.499. The number of fused-ring (bicyclic) bond motifs is 1. The van der Waals surface area contributed by atoms with Gasteiger partial charge in [-0.15, -0.1) is 0 Å². The van der Waals surface area contributed by atoms with Crippen molar-refractivity contribution in [2.75, 3.05) is 13.7 Å². The summed E-state index contributed by atoms with van der Waals surface area (Å²) in [4.78, 5) is 23.6.